The van der Waals surface area contributed by atoms with Gasteiger partial charge in [-0.1, -0.05) is 42.8 Å². The molecule has 0 amide bonds. The molecule has 0 aliphatic heterocycles. The molecular formula is C16H18ClNO. The maximum absolute atomic E-state index is 6.27. The van der Waals surface area contributed by atoms with Crippen LogP contribution in [0.15, 0.2) is 48.5 Å². The lowest BCUT2D eigenvalue weighted by molar-refractivity contribution is 0.482. The Bertz CT molecular complexity index is 528. The molecule has 0 heterocycles. The fraction of sp³-hybridized carbons (Fsp3) is 0.250. The molecular weight excluding hydrogens is 258 g/mol. The third-order valence-electron chi connectivity index (χ3n) is 2.94. The first-order chi connectivity index (χ1) is 9.20. The van der Waals surface area contributed by atoms with E-state index >= 15 is 0 Å². The van der Waals surface area contributed by atoms with Crippen molar-refractivity contribution in [3.05, 3.63) is 59.1 Å². The van der Waals surface area contributed by atoms with E-state index in [2.05, 4.69) is 19.2 Å². The van der Waals surface area contributed by atoms with Crippen LogP contribution in [0.4, 0.5) is 0 Å². The lowest BCUT2D eigenvalue weighted by atomic mass is 10.1. The minimum absolute atomic E-state index is 0.285. The van der Waals surface area contributed by atoms with Gasteiger partial charge in [0.25, 0.3) is 0 Å². The molecule has 100 valence electrons. The third kappa shape index (κ3) is 3.72. The van der Waals surface area contributed by atoms with Crippen molar-refractivity contribution in [1.82, 2.24) is 5.32 Å². The molecule has 3 heteroatoms. The monoisotopic (exact) mass is 275 g/mol. The van der Waals surface area contributed by atoms with Crippen LogP contribution in [0.2, 0.25) is 5.02 Å². The van der Waals surface area contributed by atoms with Gasteiger partial charge < -0.3 is 10.1 Å². The van der Waals surface area contributed by atoms with Gasteiger partial charge in [-0.05, 0) is 43.3 Å². The smallest absolute Gasteiger partial charge is 0.146 e. The average Bonchev–Trinajstić information content (AvgIpc) is 2.42. The number of para-hydroxylation sites is 1. The fourth-order valence-electron chi connectivity index (χ4n) is 1.91. The highest BCUT2D eigenvalue weighted by atomic mass is 35.5. The number of ether oxygens (including phenoxy) is 1. The van der Waals surface area contributed by atoms with Crippen molar-refractivity contribution < 1.29 is 4.74 Å². The summed E-state index contributed by atoms with van der Waals surface area (Å²) in [5.74, 6) is 1.47. The van der Waals surface area contributed by atoms with Crippen molar-refractivity contribution in [2.45, 2.75) is 19.9 Å². The summed E-state index contributed by atoms with van der Waals surface area (Å²) >= 11 is 6.27. The Morgan fingerprint density at radius 2 is 1.89 bits per heavy atom. The summed E-state index contributed by atoms with van der Waals surface area (Å²) in [4.78, 5) is 0. The van der Waals surface area contributed by atoms with Crippen LogP contribution in [0.1, 0.15) is 25.5 Å². The summed E-state index contributed by atoms with van der Waals surface area (Å²) in [6.45, 7) is 5.14. The van der Waals surface area contributed by atoms with Crippen LogP contribution in [0.5, 0.6) is 11.5 Å². The Kier molecular flexibility index (Phi) is 4.83. The van der Waals surface area contributed by atoms with E-state index in [1.807, 2.05) is 48.5 Å². The van der Waals surface area contributed by atoms with E-state index in [1.54, 1.807) is 0 Å². The summed E-state index contributed by atoms with van der Waals surface area (Å²) in [5, 5.41) is 3.99. The fourth-order valence-corrected chi connectivity index (χ4v) is 2.14. The highest BCUT2D eigenvalue weighted by molar-refractivity contribution is 6.32. The van der Waals surface area contributed by atoms with Gasteiger partial charge >= 0.3 is 0 Å². The second kappa shape index (κ2) is 6.60. The highest BCUT2D eigenvalue weighted by Crippen LogP contribution is 2.31. The van der Waals surface area contributed by atoms with Gasteiger partial charge in [0.05, 0.1) is 5.02 Å². The number of nitrogens with one attached hydrogen (secondary N) is 1. The van der Waals surface area contributed by atoms with Gasteiger partial charge in [0, 0.05) is 6.04 Å². The molecule has 19 heavy (non-hydrogen) atoms. The number of rotatable bonds is 5. The van der Waals surface area contributed by atoms with Gasteiger partial charge in [0.2, 0.25) is 0 Å². The largest absolute Gasteiger partial charge is 0.456 e. The predicted molar refractivity (Wildman–Crippen MR) is 80.1 cm³/mol. The molecule has 0 radical (unpaired) electrons. The molecule has 0 aliphatic carbocycles. The third-order valence-corrected chi connectivity index (χ3v) is 3.23. The van der Waals surface area contributed by atoms with Crippen LogP contribution in [0.3, 0.4) is 0 Å². The first-order valence-corrected chi connectivity index (χ1v) is 6.84. The Hall–Kier alpha value is -1.51. The zero-order valence-corrected chi connectivity index (χ0v) is 11.9. The van der Waals surface area contributed by atoms with Crippen LogP contribution < -0.4 is 10.1 Å². The molecule has 2 aromatic carbocycles. The summed E-state index contributed by atoms with van der Waals surface area (Å²) in [5.41, 5.74) is 1.16. The van der Waals surface area contributed by atoms with Crippen LogP contribution in [0, 0.1) is 0 Å². The molecule has 0 bridgehead atoms. The van der Waals surface area contributed by atoms with E-state index in [9.17, 15) is 0 Å². The molecule has 0 saturated heterocycles. The quantitative estimate of drug-likeness (QED) is 0.846. The summed E-state index contributed by atoms with van der Waals surface area (Å²) in [7, 11) is 0. The van der Waals surface area contributed by atoms with Crippen molar-refractivity contribution in [3.63, 3.8) is 0 Å². The SMILES string of the molecule is CCNC(C)c1ccc(Oc2ccccc2)c(Cl)c1. The van der Waals surface area contributed by atoms with E-state index in [0.717, 1.165) is 17.9 Å². The molecule has 2 rings (SSSR count). The minimum atomic E-state index is 0.285. The van der Waals surface area contributed by atoms with E-state index in [0.29, 0.717) is 10.8 Å². The van der Waals surface area contributed by atoms with Crippen LogP contribution in [-0.4, -0.2) is 6.54 Å². The lowest BCUT2D eigenvalue weighted by Gasteiger charge is -2.14. The number of hydrogen-bond donors (Lipinski definition) is 1. The Balaban J connectivity index is 2.15. The van der Waals surface area contributed by atoms with Crippen molar-refractivity contribution in [2.24, 2.45) is 0 Å². The second-order valence-corrected chi connectivity index (χ2v) is 4.79. The Labute approximate surface area is 119 Å². The molecule has 0 aliphatic rings. The standard InChI is InChI=1S/C16H18ClNO/c1-3-18-12(2)13-9-10-16(15(17)11-13)19-14-7-5-4-6-8-14/h4-12,18H,3H2,1-2H3. The molecule has 2 aromatic rings. The van der Waals surface area contributed by atoms with Crippen molar-refractivity contribution in [2.75, 3.05) is 6.54 Å². The first kappa shape index (κ1) is 13.9. The van der Waals surface area contributed by atoms with Gasteiger partial charge in [0.1, 0.15) is 11.5 Å². The molecule has 0 spiro atoms. The number of benzene rings is 2. The molecule has 0 fully saturated rings. The van der Waals surface area contributed by atoms with Crippen LogP contribution in [-0.2, 0) is 0 Å². The molecule has 2 nitrogen and oxygen atoms in total. The van der Waals surface area contributed by atoms with Gasteiger partial charge in [0.15, 0.2) is 0 Å². The average molecular weight is 276 g/mol. The van der Waals surface area contributed by atoms with Crippen LogP contribution in [0.25, 0.3) is 0 Å². The molecule has 1 N–H and O–H groups in total. The Morgan fingerprint density at radius 3 is 2.53 bits per heavy atom. The van der Waals surface area contributed by atoms with Gasteiger partial charge in [-0.15, -0.1) is 0 Å². The zero-order valence-electron chi connectivity index (χ0n) is 11.2. The van der Waals surface area contributed by atoms with Gasteiger partial charge in [-0.3, -0.25) is 0 Å². The number of halogens is 1. The van der Waals surface area contributed by atoms with E-state index in [1.165, 1.54) is 0 Å². The molecule has 1 atom stereocenters. The van der Waals surface area contributed by atoms with Crippen molar-refractivity contribution in [3.8, 4) is 11.5 Å². The summed E-state index contributed by atoms with van der Waals surface area (Å²) < 4.78 is 5.75. The maximum Gasteiger partial charge on any atom is 0.146 e. The maximum atomic E-state index is 6.27. The Morgan fingerprint density at radius 1 is 1.16 bits per heavy atom. The van der Waals surface area contributed by atoms with E-state index in [4.69, 9.17) is 16.3 Å². The summed E-state index contributed by atoms with van der Waals surface area (Å²) in [6, 6.07) is 15.8. The first-order valence-electron chi connectivity index (χ1n) is 6.46. The molecule has 0 aromatic heterocycles. The lowest BCUT2D eigenvalue weighted by Crippen LogP contribution is -2.17. The van der Waals surface area contributed by atoms with E-state index in [-0.39, 0.29) is 6.04 Å². The zero-order chi connectivity index (χ0) is 13.7. The minimum Gasteiger partial charge on any atom is -0.456 e. The highest BCUT2D eigenvalue weighted by Gasteiger charge is 2.08. The normalized spacial score (nSPS) is 12.2. The van der Waals surface area contributed by atoms with Crippen LogP contribution >= 0.6 is 11.6 Å². The second-order valence-electron chi connectivity index (χ2n) is 4.38. The van der Waals surface area contributed by atoms with Gasteiger partial charge in [-0.25, -0.2) is 0 Å². The molecule has 0 saturated carbocycles. The molecule has 1 unspecified atom stereocenters. The summed E-state index contributed by atoms with van der Waals surface area (Å²) in [6.07, 6.45) is 0. The topological polar surface area (TPSA) is 21.3 Å². The van der Waals surface area contributed by atoms with Crippen molar-refractivity contribution in [1.29, 1.82) is 0 Å². The van der Waals surface area contributed by atoms with Gasteiger partial charge in [-0.2, -0.15) is 0 Å². The predicted octanol–water partition coefficient (Wildman–Crippen LogP) is 4.80. The van der Waals surface area contributed by atoms with Crippen molar-refractivity contribution >= 4 is 11.6 Å². The number of hydrogen-bond acceptors (Lipinski definition) is 2. The van der Waals surface area contributed by atoms with E-state index < -0.39 is 0 Å².